The Bertz CT molecular complexity index is 948. The van der Waals surface area contributed by atoms with Crippen LogP contribution in [0.15, 0.2) is 42.5 Å². The van der Waals surface area contributed by atoms with Crippen molar-refractivity contribution >= 4 is 22.5 Å². The number of fused-ring (bicyclic) bond motifs is 1. The monoisotopic (exact) mass is 334 g/mol. The van der Waals surface area contributed by atoms with Crippen LogP contribution in [-0.2, 0) is 6.42 Å². The Labute approximate surface area is 147 Å². The second-order valence-electron chi connectivity index (χ2n) is 6.10. The number of hydrogen-bond donors (Lipinski definition) is 1. The van der Waals surface area contributed by atoms with E-state index in [1.807, 2.05) is 56.3 Å². The molecular weight excluding hydrogens is 312 g/mol. The molecule has 1 amide bonds. The van der Waals surface area contributed by atoms with Crippen molar-refractivity contribution in [3.05, 3.63) is 64.8 Å². The molecule has 0 aliphatic heterocycles. The number of nitrogens with one attached hydrogen (secondary N) is 1. The number of hydrogen-bond acceptors (Lipinski definition) is 3. The van der Waals surface area contributed by atoms with Gasteiger partial charge in [-0.1, -0.05) is 25.1 Å². The predicted molar refractivity (Wildman–Crippen MR) is 102 cm³/mol. The van der Waals surface area contributed by atoms with E-state index in [1.165, 1.54) is 0 Å². The van der Waals surface area contributed by atoms with Gasteiger partial charge in [0.1, 0.15) is 5.75 Å². The number of aryl methyl sites for hydroxylation is 3. The number of rotatable bonds is 4. The molecule has 0 saturated carbocycles. The lowest BCUT2D eigenvalue weighted by molar-refractivity contribution is 0.102. The van der Waals surface area contributed by atoms with Crippen molar-refractivity contribution in [3.63, 3.8) is 0 Å². The molecule has 1 heterocycles. The van der Waals surface area contributed by atoms with Gasteiger partial charge in [0.25, 0.3) is 5.91 Å². The molecule has 4 heteroatoms. The van der Waals surface area contributed by atoms with Crippen LogP contribution < -0.4 is 10.1 Å². The third-order valence-corrected chi connectivity index (χ3v) is 4.44. The summed E-state index contributed by atoms with van der Waals surface area (Å²) in [6, 6.07) is 13.6. The van der Waals surface area contributed by atoms with E-state index in [-0.39, 0.29) is 5.91 Å². The average molecular weight is 334 g/mol. The molecule has 0 bridgehead atoms. The highest BCUT2D eigenvalue weighted by Gasteiger charge is 2.15. The van der Waals surface area contributed by atoms with Crippen molar-refractivity contribution in [1.29, 1.82) is 0 Å². The summed E-state index contributed by atoms with van der Waals surface area (Å²) in [7, 11) is 1.63. The first-order valence-electron chi connectivity index (χ1n) is 8.38. The largest absolute Gasteiger partial charge is 0.497 e. The molecule has 0 radical (unpaired) electrons. The Morgan fingerprint density at radius 1 is 1.16 bits per heavy atom. The van der Waals surface area contributed by atoms with Crippen LogP contribution in [0.25, 0.3) is 10.9 Å². The standard InChI is InChI=1S/C21H22N2O2/c1-5-15-8-6-7-13(2)20(15)23-21(24)18-12-16-11-17(25-4)9-10-19(16)22-14(18)3/h6-12H,5H2,1-4H3,(H,23,24). The van der Waals surface area contributed by atoms with E-state index in [0.717, 1.165) is 39.9 Å². The van der Waals surface area contributed by atoms with Gasteiger partial charge in [-0.2, -0.15) is 0 Å². The van der Waals surface area contributed by atoms with Gasteiger partial charge in [0.2, 0.25) is 0 Å². The van der Waals surface area contributed by atoms with Crippen LogP contribution in [-0.4, -0.2) is 18.0 Å². The van der Waals surface area contributed by atoms with Gasteiger partial charge in [0.05, 0.1) is 23.9 Å². The molecular formula is C21H22N2O2. The molecule has 25 heavy (non-hydrogen) atoms. The third kappa shape index (κ3) is 3.33. The summed E-state index contributed by atoms with van der Waals surface area (Å²) in [5, 5.41) is 3.95. The summed E-state index contributed by atoms with van der Waals surface area (Å²) in [6.07, 6.45) is 0.865. The number of nitrogens with zero attached hydrogens (tertiary/aromatic N) is 1. The molecule has 0 spiro atoms. The molecule has 4 nitrogen and oxygen atoms in total. The maximum absolute atomic E-state index is 12.9. The zero-order valence-corrected chi connectivity index (χ0v) is 15.0. The van der Waals surface area contributed by atoms with Gasteiger partial charge in [-0.25, -0.2) is 0 Å². The van der Waals surface area contributed by atoms with Crippen LogP contribution >= 0.6 is 0 Å². The quantitative estimate of drug-likeness (QED) is 0.754. The summed E-state index contributed by atoms with van der Waals surface area (Å²) in [5.74, 6) is 0.607. The number of benzene rings is 2. The SMILES string of the molecule is CCc1cccc(C)c1NC(=O)c1cc2cc(OC)ccc2nc1C. The number of ether oxygens (including phenoxy) is 1. The Balaban J connectivity index is 2.01. The van der Waals surface area contributed by atoms with Gasteiger partial charge >= 0.3 is 0 Å². The summed E-state index contributed by atoms with van der Waals surface area (Å²) < 4.78 is 5.27. The summed E-state index contributed by atoms with van der Waals surface area (Å²) in [4.78, 5) is 17.4. The van der Waals surface area contributed by atoms with E-state index < -0.39 is 0 Å². The topological polar surface area (TPSA) is 51.2 Å². The molecule has 0 aliphatic rings. The second kappa shape index (κ2) is 6.93. The molecule has 0 fully saturated rings. The van der Waals surface area contributed by atoms with Crippen molar-refractivity contribution in [2.24, 2.45) is 0 Å². The fraction of sp³-hybridized carbons (Fsp3) is 0.238. The molecule has 0 aliphatic carbocycles. The lowest BCUT2D eigenvalue weighted by atomic mass is 10.0. The van der Waals surface area contributed by atoms with Crippen LogP contribution in [0.1, 0.15) is 34.1 Å². The summed E-state index contributed by atoms with van der Waals surface area (Å²) in [5.41, 5.74) is 5.20. The van der Waals surface area contributed by atoms with Crippen molar-refractivity contribution in [3.8, 4) is 5.75 Å². The summed E-state index contributed by atoms with van der Waals surface area (Å²) in [6.45, 7) is 5.95. The lowest BCUT2D eigenvalue weighted by Gasteiger charge is -2.14. The third-order valence-electron chi connectivity index (χ3n) is 4.44. The minimum atomic E-state index is -0.140. The van der Waals surface area contributed by atoms with Crippen LogP contribution in [0.3, 0.4) is 0 Å². The predicted octanol–water partition coefficient (Wildman–Crippen LogP) is 4.67. The Morgan fingerprint density at radius 3 is 2.68 bits per heavy atom. The minimum Gasteiger partial charge on any atom is -0.497 e. The highest BCUT2D eigenvalue weighted by molar-refractivity contribution is 6.07. The highest BCUT2D eigenvalue weighted by atomic mass is 16.5. The van der Waals surface area contributed by atoms with Gasteiger partial charge in [0, 0.05) is 11.1 Å². The Morgan fingerprint density at radius 2 is 1.96 bits per heavy atom. The second-order valence-corrected chi connectivity index (χ2v) is 6.10. The fourth-order valence-corrected chi connectivity index (χ4v) is 2.99. The maximum Gasteiger partial charge on any atom is 0.257 e. The van der Waals surface area contributed by atoms with Gasteiger partial charge < -0.3 is 10.1 Å². The first kappa shape index (κ1) is 17.0. The van der Waals surface area contributed by atoms with Crippen LogP contribution in [0.4, 0.5) is 5.69 Å². The first-order chi connectivity index (χ1) is 12.0. The number of methoxy groups -OCH3 is 1. The molecule has 0 atom stereocenters. The number of pyridine rings is 1. The lowest BCUT2D eigenvalue weighted by Crippen LogP contribution is -2.16. The number of carbonyl (C=O) groups is 1. The van der Waals surface area contributed by atoms with E-state index in [2.05, 4.69) is 17.2 Å². The van der Waals surface area contributed by atoms with Crippen molar-refractivity contribution in [1.82, 2.24) is 4.98 Å². The average Bonchev–Trinajstić information content (AvgIpc) is 2.62. The molecule has 0 saturated heterocycles. The maximum atomic E-state index is 12.9. The molecule has 1 N–H and O–H groups in total. The van der Waals surface area contributed by atoms with E-state index in [0.29, 0.717) is 11.3 Å². The molecule has 3 rings (SSSR count). The van der Waals surface area contributed by atoms with Crippen molar-refractivity contribution in [2.45, 2.75) is 27.2 Å². The van der Waals surface area contributed by atoms with Crippen LogP contribution in [0, 0.1) is 13.8 Å². The zero-order chi connectivity index (χ0) is 18.0. The van der Waals surface area contributed by atoms with Crippen molar-refractivity contribution < 1.29 is 9.53 Å². The van der Waals surface area contributed by atoms with Gasteiger partial charge in [-0.3, -0.25) is 9.78 Å². The number of aromatic nitrogens is 1. The van der Waals surface area contributed by atoms with Crippen LogP contribution in [0.2, 0.25) is 0 Å². The fourth-order valence-electron chi connectivity index (χ4n) is 2.99. The molecule has 2 aromatic carbocycles. The van der Waals surface area contributed by atoms with Gasteiger partial charge in [-0.05, 0) is 55.7 Å². The van der Waals surface area contributed by atoms with Crippen LogP contribution in [0.5, 0.6) is 5.75 Å². The van der Waals surface area contributed by atoms with E-state index in [1.54, 1.807) is 7.11 Å². The van der Waals surface area contributed by atoms with E-state index >= 15 is 0 Å². The first-order valence-corrected chi connectivity index (χ1v) is 8.38. The van der Waals surface area contributed by atoms with Crippen molar-refractivity contribution in [2.75, 3.05) is 12.4 Å². The van der Waals surface area contributed by atoms with Gasteiger partial charge in [0.15, 0.2) is 0 Å². The molecule has 3 aromatic rings. The Hall–Kier alpha value is -2.88. The number of carbonyl (C=O) groups excluding carboxylic acids is 1. The number of para-hydroxylation sites is 1. The van der Waals surface area contributed by atoms with E-state index in [9.17, 15) is 4.79 Å². The van der Waals surface area contributed by atoms with Gasteiger partial charge in [-0.15, -0.1) is 0 Å². The summed E-state index contributed by atoms with van der Waals surface area (Å²) >= 11 is 0. The molecule has 0 unspecified atom stereocenters. The minimum absolute atomic E-state index is 0.140. The Kier molecular flexibility index (Phi) is 4.70. The molecule has 128 valence electrons. The normalized spacial score (nSPS) is 10.7. The van der Waals surface area contributed by atoms with E-state index in [4.69, 9.17) is 4.74 Å². The smallest absolute Gasteiger partial charge is 0.257 e. The molecule has 1 aromatic heterocycles. The zero-order valence-electron chi connectivity index (χ0n) is 15.0. The number of amides is 1. The number of anilines is 1. The highest BCUT2D eigenvalue weighted by Crippen LogP contribution is 2.25.